The molecule has 1 heterocycles. The number of carbonyl (C=O) groups excluding carboxylic acids is 2. The average Bonchev–Trinajstić information content (AvgIpc) is 3.01. The van der Waals surface area contributed by atoms with Gasteiger partial charge in [-0.1, -0.05) is 6.07 Å². The predicted molar refractivity (Wildman–Crippen MR) is 82.3 cm³/mol. The van der Waals surface area contributed by atoms with Gasteiger partial charge >= 0.3 is 0 Å². The first kappa shape index (κ1) is 15.7. The van der Waals surface area contributed by atoms with Crippen LogP contribution in [-0.4, -0.2) is 44.6 Å². The lowest BCUT2D eigenvalue weighted by molar-refractivity contribution is -0.116. The first-order chi connectivity index (χ1) is 10.6. The second-order valence-corrected chi connectivity index (χ2v) is 4.70. The molecule has 1 aromatic heterocycles. The molecule has 0 unspecified atom stereocenters. The predicted octanol–water partition coefficient (Wildman–Crippen LogP) is 1.40. The van der Waals surface area contributed by atoms with Crippen LogP contribution in [0.4, 0.5) is 5.69 Å². The first-order valence-electron chi connectivity index (χ1n) is 7.15. The molecular weight excluding hydrogens is 282 g/mol. The SMILES string of the molecule is CCN(CC)C(=O)c1cccc(NC(=O)Cn2cncn2)c1. The quantitative estimate of drug-likeness (QED) is 0.874. The Labute approximate surface area is 129 Å². The van der Waals surface area contributed by atoms with Gasteiger partial charge in [0.15, 0.2) is 0 Å². The third kappa shape index (κ3) is 3.91. The highest BCUT2D eigenvalue weighted by atomic mass is 16.2. The molecule has 7 heteroatoms. The van der Waals surface area contributed by atoms with E-state index in [1.54, 1.807) is 29.2 Å². The molecule has 1 aromatic carbocycles. The summed E-state index contributed by atoms with van der Waals surface area (Å²) in [6.45, 7) is 5.25. The average molecular weight is 301 g/mol. The number of hydrogen-bond acceptors (Lipinski definition) is 4. The Kier molecular flexibility index (Phi) is 5.24. The van der Waals surface area contributed by atoms with E-state index in [2.05, 4.69) is 15.4 Å². The monoisotopic (exact) mass is 301 g/mol. The minimum Gasteiger partial charge on any atom is -0.339 e. The molecule has 0 saturated heterocycles. The fourth-order valence-electron chi connectivity index (χ4n) is 2.09. The van der Waals surface area contributed by atoms with Crippen molar-refractivity contribution in [2.45, 2.75) is 20.4 Å². The van der Waals surface area contributed by atoms with Crippen molar-refractivity contribution in [3.63, 3.8) is 0 Å². The number of hydrogen-bond donors (Lipinski definition) is 1. The van der Waals surface area contributed by atoms with Crippen LogP contribution in [0.15, 0.2) is 36.9 Å². The molecule has 116 valence electrons. The summed E-state index contributed by atoms with van der Waals surface area (Å²) in [4.78, 5) is 29.7. The fraction of sp³-hybridized carbons (Fsp3) is 0.333. The Balaban J connectivity index is 2.05. The lowest BCUT2D eigenvalue weighted by Crippen LogP contribution is -2.30. The number of benzene rings is 1. The van der Waals surface area contributed by atoms with E-state index in [4.69, 9.17) is 0 Å². The zero-order valence-electron chi connectivity index (χ0n) is 12.7. The molecule has 2 rings (SSSR count). The molecule has 0 aliphatic carbocycles. The normalized spacial score (nSPS) is 10.3. The zero-order valence-corrected chi connectivity index (χ0v) is 12.7. The minimum atomic E-state index is -0.224. The van der Waals surface area contributed by atoms with E-state index in [-0.39, 0.29) is 18.4 Å². The number of rotatable bonds is 6. The third-order valence-corrected chi connectivity index (χ3v) is 3.22. The van der Waals surface area contributed by atoms with E-state index >= 15 is 0 Å². The van der Waals surface area contributed by atoms with Crippen LogP contribution in [0.5, 0.6) is 0 Å². The Morgan fingerprint density at radius 3 is 2.68 bits per heavy atom. The third-order valence-electron chi connectivity index (χ3n) is 3.22. The van der Waals surface area contributed by atoms with E-state index in [0.717, 1.165) is 0 Å². The molecule has 7 nitrogen and oxygen atoms in total. The summed E-state index contributed by atoms with van der Waals surface area (Å²) >= 11 is 0. The number of amides is 2. The second kappa shape index (κ2) is 7.35. The molecule has 0 fully saturated rings. The molecule has 0 aliphatic heterocycles. The maximum absolute atomic E-state index is 12.3. The Morgan fingerprint density at radius 2 is 2.05 bits per heavy atom. The number of aromatic nitrogens is 3. The van der Waals surface area contributed by atoms with Crippen molar-refractivity contribution in [1.82, 2.24) is 19.7 Å². The zero-order chi connectivity index (χ0) is 15.9. The van der Waals surface area contributed by atoms with Gasteiger partial charge < -0.3 is 10.2 Å². The van der Waals surface area contributed by atoms with Crippen molar-refractivity contribution >= 4 is 17.5 Å². The molecule has 0 bridgehead atoms. The van der Waals surface area contributed by atoms with Crippen molar-refractivity contribution in [3.05, 3.63) is 42.5 Å². The fourth-order valence-corrected chi connectivity index (χ4v) is 2.09. The van der Waals surface area contributed by atoms with E-state index in [9.17, 15) is 9.59 Å². The highest BCUT2D eigenvalue weighted by Gasteiger charge is 2.13. The summed E-state index contributed by atoms with van der Waals surface area (Å²) in [6, 6.07) is 6.92. The molecule has 0 atom stereocenters. The van der Waals surface area contributed by atoms with Crippen LogP contribution in [0.1, 0.15) is 24.2 Å². The molecule has 2 aromatic rings. The van der Waals surface area contributed by atoms with Gasteiger partial charge in [-0.2, -0.15) is 5.10 Å². The molecule has 0 aliphatic rings. The van der Waals surface area contributed by atoms with Crippen molar-refractivity contribution < 1.29 is 9.59 Å². The van der Waals surface area contributed by atoms with Crippen molar-refractivity contribution in [3.8, 4) is 0 Å². The van der Waals surface area contributed by atoms with Crippen LogP contribution in [0, 0.1) is 0 Å². The van der Waals surface area contributed by atoms with E-state index in [1.807, 2.05) is 13.8 Å². The van der Waals surface area contributed by atoms with Gasteiger partial charge in [0.2, 0.25) is 5.91 Å². The Hall–Kier alpha value is -2.70. The van der Waals surface area contributed by atoms with Crippen LogP contribution < -0.4 is 5.32 Å². The van der Waals surface area contributed by atoms with Gasteiger partial charge in [0.05, 0.1) is 0 Å². The molecular formula is C15H19N5O2. The van der Waals surface area contributed by atoms with Gasteiger partial charge in [-0.25, -0.2) is 9.67 Å². The summed E-state index contributed by atoms with van der Waals surface area (Å²) in [5.74, 6) is -0.268. The minimum absolute atomic E-state index is 0.0441. The van der Waals surface area contributed by atoms with Gasteiger partial charge in [0, 0.05) is 24.3 Å². The molecule has 1 N–H and O–H groups in total. The number of anilines is 1. The molecule has 2 amide bonds. The van der Waals surface area contributed by atoms with E-state index in [1.165, 1.54) is 17.3 Å². The van der Waals surface area contributed by atoms with Crippen LogP contribution in [-0.2, 0) is 11.3 Å². The summed E-state index contributed by atoms with van der Waals surface area (Å²) in [7, 11) is 0. The van der Waals surface area contributed by atoms with E-state index in [0.29, 0.717) is 24.3 Å². The molecule has 0 spiro atoms. The second-order valence-electron chi connectivity index (χ2n) is 4.70. The Bertz CT molecular complexity index is 635. The lowest BCUT2D eigenvalue weighted by Gasteiger charge is -2.19. The van der Waals surface area contributed by atoms with Gasteiger partial charge in [-0.15, -0.1) is 0 Å². The standard InChI is InChI=1S/C15H19N5O2/c1-3-19(4-2)15(22)12-6-5-7-13(8-12)18-14(21)9-20-11-16-10-17-20/h5-8,10-11H,3-4,9H2,1-2H3,(H,18,21). The highest BCUT2D eigenvalue weighted by molar-refractivity contribution is 5.97. The van der Waals surface area contributed by atoms with Crippen molar-refractivity contribution in [2.24, 2.45) is 0 Å². The number of carbonyl (C=O) groups is 2. The van der Waals surface area contributed by atoms with Crippen molar-refractivity contribution in [1.29, 1.82) is 0 Å². The molecule has 0 radical (unpaired) electrons. The van der Waals surface area contributed by atoms with Crippen LogP contribution >= 0.6 is 0 Å². The van der Waals surface area contributed by atoms with Crippen LogP contribution in [0.2, 0.25) is 0 Å². The van der Waals surface area contributed by atoms with Gasteiger partial charge in [0.1, 0.15) is 19.2 Å². The van der Waals surface area contributed by atoms with Gasteiger partial charge in [0.25, 0.3) is 5.91 Å². The van der Waals surface area contributed by atoms with E-state index < -0.39 is 0 Å². The smallest absolute Gasteiger partial charge is 0.253 e. The largest absolute Gasteiger partial charge is 0.339 e. The molecule has 0 saturated carbocycles. The molecule has 22 heavy (non-hydrogen) atoms. The maximum Gasteiger partial charge on any atom is 0.253 e. The highest BCUT2D eigenvalue weighted by Crippen LogP contribution is 2.13. The summed E-state index contributed by atoms with van der Waals surface area (Å²) < 4.78 is 1.43. The summed E-state index contributed by atoms with van der Waals surface area (Å²) in [6.07, 6.45) is 2.84. The maximum atomic E-state index is 12.3. The Morgan fingerprint density at radius 1 is 1.27 bits per heavy atom. The lowest BCUT2D eigenvalue weighted by atomic mass is 10.1. The van der Waals surface area contributed by atoms with Crippen molar-refractivity contribution in [2.75, 3.05) is 18.4 Å². The number of nitrogens with zero attached hydrogens (tertiary/aromatic N) is 4. The number of nitrogens with one attached hydrogen (secondary N) is 1. The topological polar surface area (TPSA) is 80.1 Å². The van der Waals surface area contributed by atoms with Crippen LogP contribution in [0.25, 0.3) is 0 Å². The van der Waals surface area contributed by atoms with Crippen LogP contribution in [0.3, 0.4) is 0 Å². The summed E-state index contributed by atoms with van der Waals surface area (Å²) in [5, 5.41) is 6.63. The summed E-state index contributed by atoms with van der Waals surface area (Å²) in [5.41, 5.74) is 1.14. The van der Waals surface area contributed by atoms with Gasteiger partial charge in [-0.05, 0) is 32.0 Å². The van der Waals surface area contributed by atoms with Gasteiger partial charge in [-0.3, -0.25) is 9.59 Å². The first-order valence-corrected chi connectivity index (χ1v) is 7.15.